The van der Waals surface area contributed by atoms with E-state index in [2.05, 4.69) is 10.2 Å². The number of nitrogens with zero attached hydrogens (tertiary/aromatic N) is 1. The first-order chi connectivity index (χ1) is 8.77. The standard InChI is InChI=1S/C13H25N3O2/c14-12-4-2-1-3-11(12)13(17)15-5-6-16-7-9-18-10-8-16/h11-12H,1-10,14H2,(H,15,17). The first-order valence-electron chi connectivity index (χ1n) is 7.11. The molecule has 1 aliphatic heterocycles. The molecule has 0 aromatic rings. The molecule has 1 aliphatic carbocycles. The van der Waals surface area contributed by atoms with Crippen LogP contribution in [0.5, 0.6) is 0 Å². The molecule has 0 radical (unpaired) electrons. The lowest BCUT2D eigenvalue weighted by Gasteiger charge is -2.29. The molecule has 5 heteroatoms. The lowest BCUT2D eigenvalue weighted by atomic mass is 9.84. The first-order valence-corrected chi connectivity index (χ1v) is 7.11. The number of ether oxygens (including phenoxy) is 1. The monoisotopic (exact) mass is 255 g/mol. The molecular formula is C13H25N3O2. The molecular weight excluding hydrogens is 230 g/mol. The third-order valence-corrected chi connectivity index (χ3v) is 3.99. The Kier molecular flexibility index (Phi) is 5.41. The van der Waals surface area contributed by atoms with Crippen LogP contribution in [0.1, 0.15) is 25.7 Å². The molecule has 1 heterocycles. The van der Waals surface area contributed by atoms with Gasteiger partial charge in [-0.25, -0.2) is 0 Å². The van der Waals surface area contributed by atoms with Crippen molar-refractivity contribution in [3.63, 3.8) is 0 Å². The number of nitrogens with two attached hydrogens (primary N) is 1. The molecule has 1 saturated carbocycles. The fraction of sp³-hybridized carbons (Fsp3) is 0.923. The van der Waals surface area contributed by atoms with Gasteiger partial charge in [0, 0.05) is 32.2 Å². The Balaban J connectivity index is 1.64. The molecule has 2 unspecified atom stereocenters. The summed E-state index contributed by atoms with van der Waals surface area (Å²) >= 11 is 0. The van der Waals surface area contributed by atoms with E-state index in [0.29, 0.717) is 0 Å². The second-order valence-electron chi connectivity index (χ2n) is 5.30. The van der Waals surface area contributed by atoms with Crippen LogP contribution in [-0.2, 0) is 9.53 Å². The molecule has 5 nitrogen and oxygen atoms in total. The van der Waals surface area contributed by atoms with Crippen molar-refractivity contribution in [2.45, 2.75) is 31.7 Å². The van der Waals surface area contributed by atoms with E-state index in [1.807, 2.05) is 0 Å². The molecule has 0 aromatic heterocycles. The predicted molar refractivity (Wildman–Crippen MR) is 70.2 cm³/mol. The van der Waals surface area contributed by atoms with Crippen LogP contribution in [0, 0.1) is 5.92 Å². The van der Waals surface area contributed by atoms with Gasteiger partial charge in [0.15, 0.2) is 0 Å². The Labute approximate surface area is 109 Å². The van der Waals surface area contributed by atoms with Crippen molar-refractivity contribution in [3.8, 4) is 0 Å². The average Bonchev–Trinajstić information content (AvgIpc) is 2.40. The molecule has 2 atom stereocenters. The number of amides is 1. The van der Waals surface area contributed by atoms with Crippen molar-refractivity contribution in [2.75, 3.05) is 39.4 Å². The minimum absolute atomic E-state index is 0.0310. The number of carbonyl (C=O) groups is 1. The fourth-order valence-corrected chi connectivity index (χ4v) is 2.78. The summed E-state index contributed by atoms with van der Waals surface area (Å²) in [5, 5.41) is 3.03. The van der Waals surface area contributed by atoms with Crippen molar-refractivity contribution in [3.05, 3.63) is 0 Å². The van der Waals surface area contributed by atoms with Crippen LogP contribution in [0.3, 0.4) is 0 Å². The van der Waals surface area contributed by atoms with Gasteiger partial charge in [-0.15, -0.1) is 0 Å². The SMILES string of the molecule is NC1CCCCC1C(=O)NCCN1CCOCC1. The lowest BCUT2D eigenvalue weighted by Crippen LogP contribution is -2.46. The molecule has 1 amide bonds. The zero-order valence-electron chi connectivity index (χ0n) is 11.1. The molecule has 2 aliphatic rings. The molecule has 0 aromatic carbocycles. The van der Waals surface area contributed by atoms with Gasteiger partial charge in [-0.05, 0) is 12.8 Å². The Bertz CT molecular complexity index is 267. The first kappa shape index (κ1) is 13.8. The summed E-state index contributed by atoms with van der Waals surface area (Å²) in [6, 6.07) is 0.0575. The molecule has 0 bridgehead atoms. The number of morpholine rings is 1. The fourth-order valence-electron chi connectivity index (χ4n) is 2.78. The average molecular weight is 255 g/mol. The second-order valence-corrected chi connectivity index (χ2v) is 5.30. The van der Waals surface area contributed by atoms with Gasteiger partial charge in [-0.2, -0.15) is 0 Å². The molecule has 104 valence electrons. The van der Waals surface area contributed by atoms with Gasteiger partial charge in [-0.1, -0.05) is 12.8 Å². The lowest BCUT2D eigenvalue weighted by molar-refractivity contribution is -0.126. The summed E-state index contributed by atoms with van der Waals surface area (Å²) in [7, 11) is 0. The highest BCUT2D eigenvalue weighted by molar-refractivity contribution is 5.79. The van der Waals surface area contributed by atoms with Crippen LogP contribution in [-0.4, -0.2) is 56.2 Å². The number of carbonyl (C=O) groups excluding carboxylic acids is 1. The van der Waals surface area contributed by atoms with Gasteiger partial charge in [0.25, 0.3) is 0 Å². The van der Waals surface area contributed by atoms with Crippen molar-refractivity contribution in [1.82, 2.24) is 10.2 Å². The summed E-state index contributed by atoms with van der Waals surface area (Å²) in [6.45, 7) is 5.19. The van der Waals surface area contributed by atoms with E-state index < -0.39 is 0 Å². The quantitative estimate of drug-likeness (QED) is 0.739. The molecule has 2 fully saturated rings. The maximum absolute atomic E-state index is 12.0. The van der Waals surface area contributed by atoms with E-state index >= 15 is 0 Å². The Morgan fingerprint density at radius 2 is 2.00 bits per heavy atom. The highest BCUT2D eigenvalue weighted by Crippen LogP contribution is 2.22. The van der Waals surface area contributed by atoms with Crippen LogP contribution in [0.4, 0.5) is 0 Å². The van der Waals surface area contributed by atoms with Crippen LogP contribution in [0.25, 0.3) is 0 Å². The highest BCUT2D eigenvalue weighted by atomic mass is 16.5. The minimum atomic E-state index is 0.0310. The van der Waals surface area contributed by atoms with Crippen molar-refractivity contribution < 1.29 is 9.53 Å². The van der Waals surface area contributed by atoms with E-state index in [1.165, 1.54) is 6.42 Å². The molecule has 2 rings (SSSR count). The predicted octanol–water partition coefficient (Wildman–Crippen LogP) is -0.0477. The maximum atomic E-state index is 12.0. The third kappa shape index (κ3) is 3.93. The Morgan fingerprint density at radius 3 is 2.72 bits per heavy atom. The van der Waals surface area contributed by atoms with E-state index in [9.17, 15) is 4.79 Å². The molecule has 3 N–H and O–H groups in total. The van der Waals surface area contributed by atoms with Gasteiger partial charge in [0.05, 0.1) is 19.1 Å². The van der Waals surface area contributed by atoms with Crippen molar-refractivity contribution >= 4 is 5.91 Å². The summed E-state index contributed by atoms with van der Waals surface area (Å²) in [4.78, 5) is 14.3. The zero-order valence-corrected chi connectivity index (χ0v) is 11.1. The van der Waals surface area contributed by atoms with Crippen molar-refractivity contribution in [1.29, 1.82) is 0 Å². The Hall–Kier alpha value is -0.650. The van der Waals surface area contributed by atoms with E-state index in [4.69, 9.17) is 10.5 Å². The topological polar surface area (TPSA) is 67.6 Å². The zero-order chi connectivity index (χ0) is 12.8. The van der Waals surface area contributed by atoms with E-state index in [-0.39, 0.29) is 17.9 Å². The number of hydrogen-bond acceptors (Lipinski definition) is 4. The largest absolute Gasteiger partial charge is 0.379 e. The van der Waals surface area contributed by atoms with E-state index in [1.54, 1.807) is 0 Å². The van der Waals surface area contributed by atoms with Gasteiger partial charge < -0.3 is 15.8 Å². The third-order valence-electron chi connectivity index (χ3n) is 3.99. The number of nitrogens with one attached hydrogen (secondary N) is 1. The second kappa shape index (κ2) is 7.07. The van der Waals surface area contributed by atoms with Gasteiger partial charge in [-0.3, -0.25) is 9.69 Å². The molecule has 18 heavy (non-hydrogen) atoms. The minimum Gasteiger partial charge on any atom is -0.379 e. The van der Waals surface area contributed by atoms with Crippen LogP contribution >= 0.6 is 0 Å². The van der Waals surface area contributed by atoms with Gasteiger partial charge in [0.2, 0.25) is 5.91 Å². The van der Waals surface area contributed by atoms with Gasteiger partial charge >= 0.3 is 0 Å². The smallest absolute Gasteiger partial charge is 0.224 e. The van der Waals surface area contributed by atoms with Crippen LogP contribution < -0.4 is 11.1 Å². The van der Waals surface area contributed by atoms with Gasteiger partial charge in [0.1, 0.15) is 0 Å². The summed E-state index contributed by atoms with van der Waals surface area (Å²) in [6.07, 6.45) is 4.24. The highest BCUT2D eigenvalue weighted by Gasteiger charge is 2.27. The number of hydrogen-bond donors (Lipinski definition) is 2. The van der Waals surface area contributed by atoms with Crippen molar-refractivity contribution in [2.24, 2.45) is 11.7 Å². The van der Waals surface area contributed by atoms with E-state index in [0.717, 1.165) is 58.7 Å². The molecule has 1 saturated heterocycles. The normalized spacial score (nSPS) is 30.1. The van der Waals surface area contributed by atoms with Crippen LogP contribution in [0.15, 0.2) is 0 Å². The summed E-state index contributed by atoms with van der Waals surface area (Å²) in [5.41, 5.74) is 6.01. The summed E-state index contributed by atoms with van der Waals surface area (Å²) in [5.74, 6) is 0.180. The Morgan fingerprint density at radius 1 is 1.28 bits per heavy atom. The van der Waals surface area contributed by atoms with Crippen LogP contribution in [0.2, 0.25) is 0 Å². The molecule has 0 spiro atoms. The number of rotatable bonds is 4. The maximum Gasteiger partial charge on any atom is 0.224 e. The summed E-state index contributed by atoms with van der Waals surface area (Å²) < 4.78 is 5.29.